The summed E-state index contributed by atoms with van der Waals surface area (Å²) in [4.78, 5) is 28.9. The van der Waals surface area contributed by atoms with Crippen molar-refractivity contribution in [3.63, 3.8) is 0 Å². The molecule has 0 radical (unpaired) electrons. The molecule has 0 saturated carbocycles. The number of nitrogens with zero attached hydrogens (tertiary/aromatic N) is 1. The van der Waals surface area contributed by atoms with Gasteiger partial charge >= 0.3 is 5.69 Å². The number of aromatic amines is 1. The molecule has 132 valence electrons. The molecule has 0 saturated heterocycles. The van der Waals surface area contributed by atoms with Crippen LogP contribution in [0.5, 0.6) is 0 Å². The van der Waals surface area contributed by atoms with Crippen molar-refractivity contribution in [2.45, 2.75) is 32.1 Å². The number of aromatic nitrogens is 2. The minimum absolute atomic E-state index is 0.0288. The van der Waals surface area contributed by atoms with Gasteiger partial charge in [-0.3, -0.25) is 4.79 Å². The van der Waals surface area contributed by atoms with E-state index in [-0.39, 0.29) is 5.69 Å². The predicted octanol–water partition coefficient (Wildman–Crippen LogP) is 3.56. The van der Waals surface area contributed by atoms with Crippen LogP contribution in [0.15, 0.2) is 58.1 Å². The van der Waals surface area contributed by atoms with Crippen LogP contribution in [0, 0.1) is 5.82 Å². The van der Waals surface area contributed by atoms with Crippen molar-refractivity contribution in [2.75, 3.05) is 0 Å². The molecule has 4 nitrogen and oxygen atoms in total. The predicted molar refractivity (Wildman–Crippen MR) is 99.4 cm³/mol. The van der Waals surface area contributed by atoms with E-state index in [0.717, 1.165) is 22.1 Å². The van der Waals surface area contributed by atoms with Gasteiger partial charge in [0.2, 0.25) is 0 Å². The molecule has 0 spiro atoms. The number of halogens is 1. The van der Waals surface area contributed by atoms with E-state index in [4.69, 9.17) is 0 Å². The smallest absolute Gasteiger partial charge is 0.306 e. The first-order chi connectivity index (χ1) is 12.5. The van der Waals surface area contributed by atoms with Crippen molar-refractivity contribution in [1.29, 1.82) is 0 Å². The number of hydrogen-bond acceptors (Lipinski definition) is 2. The molecule has 2 aromatic carbocycles. The van der Waals surface area contributed by atoms with Gasteiger partial charge in [-0.15, -0.1) is 0 Å². The van der Waals surface area contributed by atoms with Gasteiger partial charge in [0.05, 0.1) is 11.4 Å². The Morgan fingerprint density at radius 2 is 1.81 bits per heavy atom. The minimum Gasteiger partial charge on any atom is -0.306 e. The van der Waals surface area contributed by atoms with Crippen LogP contribution in [0.4, 0.5) is 4.39 Å². The SMILES string of the molecule is CC[C@]1(C)Cc2ccccc2-c2[nH]c(=O)n(-c3ccccc3F)c(=O)c21. The Labute approximate surface area is 150 Å². The van der Waals surface area contributed by atoms with E-state index in [2.05, 4.69) is 4.98 Å². The second kappa shape index (κ2) is 5.80. The summed E-state index contributed by atoms with van der Waals surface area (Å²) in [6.45, 7) is 4.04. The maximum absolute atomic E-state index is 14.3. The first-order valence-electron chi connectivity index (χ1n) is 8.69. The Balaban J connectivity index is 2.12. The zero-order valence-electron chi connectivity index (χ0n) is 14.7. The van der Waals surface area contributed by atoms with Gasteiger partial charge in [-0.25, -0.2) is 13.8 Å². The fraction of sp³-hybridized carbons (Fsp3) is 0.238. The van der Waals surface area contributed by atoms with Crippen LogP contribution in [0.2, 0.25) is 0 Å². The highest BCUT2D eigenvalue weighted by Crippen LogP contribution is 2.41. The van der Waals surface area contributed by atoms with Crippen LogP contribution in [0.3, 0.4) is 0 Å². The molecule has 1 N–H and O–H groups in total. The summed E-state index contributed by atoms with van der Waals surface area (Å²) in [5.41, 5.74) is 1.52. The third kappa shape index (κ3) is 2.27. The Morgan fingerprint density at radius 1 is 1.12 bits per heavy atom. The van der Waals surface area contributed by atoms with Crippen LogP contribution >= 0.6 is 0 Å². The van der Waals surface area contributed by atoms with E-state index in [0.29, 0.717) is 17.7 Å². The van der Waals surface area contributed by atoms with E-state index in [9.17, 15) is 14.0 Å². The minimum atomic E-state index is -0.631. The first-order valence-corrected chi connectivity index (χ1v) is 8.69. The highest BCUT2D eigenvalue weighted by molar-refractivity contribution is 5.71. The van der Waals surface area contributed by atoms with Crippen LogP contribution < -0.4 is 11.2 Å². The van der Waals surface area contributed by atoms with Gasteiger partial charge in [0, 0.05) is 16.5 Å². The summed E-state index contributed by atoms with van der Waals surface area (Å²) >= 11 is 0. The summed E-state index contributed by atoms with van der Waals surface area (Å²) in [7, 11) is 0. The lowest BCUT2D eigenvalue weighted by molar-refractivity contribution is 0.437. The number of H-pyrrole nitrogens is 1. The van der Waals surface area contributed by atoms with E-state index in [1.165, 1.54) is 18.2 Å². The molecule has 3 aromatic rings. The largest absolute Gasteiger partial charge is 0.333 e. The zero-order chi connectivity index (χ0) is 18.5. The van der Waals surface area contributed by atoms with Crippen molar-refractivity contribution in [1.82, 2.24) is 9.55 Å². The fourth-order valence-corrected chi connectivity index (χ4v) is 3.88. The number of fused-ring (bicyclic) bond motifs is 3. The average molecular weight is 350 g/mol. The Hall–Kier alpha value is -2.95. The summed E-state index contributed by atoms with van der Waals surface area (Å²) in [5.74, 6) is -0.602. The number of rotatable bonds is 2. The summed E-state index contributed by atoms with van der Waals surface area (Å²) in [6, 6.07) is 13.6. The van der Waals surface area contributed by atoms with Crippen molar-refractivity contribution in [3.8, 4) is 16.9 Å². The molecular formula is C21H19FN2O2. The molecule has 0 amide bonds. The van der Waals surface area contributed by atoms with Crippen LogP contribution in [0.1, 0.15) is 31.4 Å². The molecular weight excluding hydrogens is 331 g/mol. The maximum atomic E-state index is 14.3. The van der Waals surface area contributed by atoms with Gasteiger partial charge < -0.3 is 4.98 Å². The quantitative estimate of drug-likeness (QED) is 0.768. The molecule has 0 aliphatic heterocycles. The lowest BCUT2D eigenvalue weighted by atomic mass is 9.69. The van der Waals surface area contributed by atoms with Gasteiger partial charge in [0.1, 0.15) is 5.82 Å². The molecule has 26 heavy (non-hydrogen) atoms. The second-order valence-corrected chi connectivity index (χ2v) is 7.02. The van der Waals surface area contributed by atoms with E-state index in [1.807, 2.05) is 38.1 Å². The third-order valence-corrected chi connectivity index (χ3v) is 5.45. The molecule has 4 rings (SSSR count). The van der Waals surface area contributed by atoms with E-state index in [1.54, 1.807) is 6.07 Å². The number of benzene rings is 2. The highest BCUT2D eigenvalue weighted by atomic mass is 19.1. The molecule has 0 fully saturated rings. The summed E-state index contributed by atoms with van der Waals surface area (Å²) in [5, 5.41) is 0. The van der Waals surface area contributed by atoms with E-state index >= 15 is 0 Å². The Bertz CT molecular complexity index is 1130. The topological polar surface area (TPSA) is 54.9 Å². The molecule has 1 aliphatic rings. The van der Waals surface area contributed by atoms with Crippen LogP contribution in [0.25, 0.3) is 16.9 Å². The van der Waals surface area contributed by atoms with Gasteiger partial charge in [0.15, 0.2) is 0 Å². The van der Waals surface area contributed by atoms with E-state index < -0.39 is 22.5 Å². The number of nitrogens with one attached hydrogen (secondary N) is 1. The fourth-order valence-electron chi connectivity index (χ4n) is 3.88. The summed E-state index contributed by atoms with van der Waals surface area (Å²) < 4.78 is 15.2. The lowest BCUT2D eigenvalue weighted by Crippen LogP contribution is -2.44. The highest BCUT2D eigenvalue weighted by Gasteiger charge is 2.37. The van der Waals surface area contributed by atoms with Crippen molar-refractivity contribution >= 4 is 0 Å². The summed E-state index contributed by atoms with van der Waals surface area (Å²) in [6.07, 6.45) is 1.43. The van der Waals surface area contributed by atoms with Crippen molar-refractivity contribution < 1.29 is 4.39 Å². The Kier molecular flexibility index (Phi) is 3.68. The zero-order valence-corrected chi connectivity index (χ0v) is 14.7. The molecule has 1 heterocycles. The molecule has 5 heteroatoms. The monoisotopic (exact) mass is 350 g/mol. The molecule has 1 aliphatic carbocycles. The third-order valence-electron chi connectivity index (χ3n) is 5.45. The van der Waals surface area contributed by atoms with Gasteiger partial charge in [0.25, 0.3) is 5.56 Å². The Morgan fingerprint density at radius 3 is 2.54 bits per heavy atom. The molecule has 1 aromatic heterocycles. The van der Waals surface area contributed by atoms with Crippen LogP contribution in [-0.4, -0.2) is 9.55 Å². The standard InChI is InChI=1S/C21H19FN2O2/c1-3-21(2)12-13-8-4-5-9-14(13)18-17(21)19(25)24(20(26)23-18)16-11-7-6-10-15(16)22/h4-11H,3,12H2,1-2H3,(H,23,26)/t21-/m1/s1. The normalized spacial score (nSPS) is 18.3. The van der Waals surface area contributed by atoms with Crippen LogP contribution in [-0.2, 0) is 11.8 Å². The lowest BCUT2D eigenvalue weighted by Gasteiger charge is -2.35. The van der Waals surface area contributed by atoms with Crippen molar-refractivity contribution in [2.24, 2.45) is 0 Å². The van der Waals surface area contributed by atoms with Crippen molar-refractivity contribution in [3.05, 3.63) is 86.3 Å². The average Bonchev–Trinajstić information content (AvgIpc) is 2.63. The molecule has 0 bridgehead atoms. The first kappa shape index (κ1) is 16.5. The maximum Gasteiger partial charge on any atom is 0.333 e. The molecule has 1 atom stereocenters. The van der Waals surface area contributed by atoms with Gasteiger partial charge in [-0.1, -0.05) is 50.2 Å². The number of hydrogen-bond donors (Lipinski definition) is 1. The second-order valence-electron chi connectivity index (χ2n) is 7.02. The van der Waals surface area contributed by atoms with Gasteiger partial charge in [-0.05, 0) is 30.5 Å². The number of para-hydroxylation sites is 1. The van der Waals surface area contributed by atoms with Gasteiger partial charge in [-0.2, -0.15) is 0 Å². The molecule has 0 unspecified atom stereocenters.